The van der Waals surface area contributed by atoms with Gasteiger partial charge >= 0.3 is 0 Å². The van der Waals surface area contributed by atoms with Crippen LogP contribution in [0.1, 0.15) is 0 Å². The number of thiophene rings is 2. The molecule has 0 saturated carbocycles. The van der Waals surface area contributed by atoms with Gasteiger partial charge in [-0.25, -0.2) is 9.97 Å². The van der Waals surface area contributed by atoms with Crippen LogP contribution in [0, 0.1) is 0 Å². The first kappa shape index (κ1) is 23.5. The van der Waals surface area contributed by atoms with Gasteiger partial charge in [-0.1, -0.05) is 91.0 Å². The lowest BCUT2D eigenvalue weighted by atomic mass is 10.0. The second-order valence-corrected chi connectivity index (χ2v) is 13.2. The van der Waals surface area contributed by atoms with Gasteiger partial charge in [-0.15, -0.1) is 22.7 Å². The van der Waals surface area contributed by atoms with Crippen LogP contribution in [0.2, 0.25) is 0 Å². The lowest BCUT2D eigenvalue weighted by Crippen LogP contribution is -2.02. The molecule has 0 atom stereocenters. The predicted molar refractivity (Wildman–Crippen MR) is 185 cm³/mol. The molecule has 3 nitrogen and oxygen atoms in total. The Labute approximate surface area is 253 Å². The van der Waals surface area contributed by atoms with Crippen LogP contribution in [-0.4, -0.2) is 14.5 Å². The van der Waals surface area contributed by atoms with Gasteiger partial charge in [-0.05, 0) is 47.2 Å². The molecule has 200 valence electrons. The first-order valence-corrected chi connectivity index (χ1v) is 16.0. The smallest absolute Gasteiger partial charge is 0.235 e. The molecule has 5 heteroatoms. The van der Waals surface area contributed by atoms with E-state index in [-0.39, 0.29) is 0 Å². The molecule has 0 radical (unpaired) electrons. The van der Waals surface area contributed by atoms with Crippen molar-refractivity contribution in [2.75, 3.05) is 0 Å². The van der Waals surface area contributed by atoms with Crippen molar-refractivity contribution in [1.82, 2.24) is 14.5 Å². The van der Waals surface area contributed by atoms with Gasteiger partial charge in [0.15, 0.2) is 0 Å². The SMILES string of the molecule is c1ccc2cc(-c3nc(-n4c5ccccc5c5cc6c(cc54)sc4ccccc46)nc4c3sc3ccccc34)ccc2c1. The topological polar surface area (TPSA) is 30.7 Å². The van der Waals surface area contributed by atoms with Gasteiger partial charge in [0.05, 0.1) is 26.9 Å². The van der Waals surface area contributed by atoms with Crippen LogP contribution in [0.25, 0.3) is 90.3 Å². The monoisotopic (exact) mass is 583 g/mol. The summed E-state index contributed by atoms with van der Waals surface area (Å²) in [6, 6.07) is 45.8. The zero-order chi connectivity index (χ0) is 28.1. The van der Waals surface area contributed by atoms with Crippen LogP contribution in [-0.2, 0) is 0 Å². The number of hydrogen-bond acceptors (Lipinski definition) is 4. The summed E-state index contributed by atoms with van der Waals surface area (Å²) in [6.07, 6.45) is 0. The molecule has 0 bridgehead atoms. The second kappa shape index (κ2) is 8.71. The summed E-state index contributed by atoms with van der Waals surface area (Å²) in [5.74, 6) is 0.700. The highest BCUT2D eigenvalue weighted by Crippen LogP contribution is 2.42. The molecule has 0 fully saturated rings. The Balaban J connectivity index is 1.34. The maximum absolute atomic E-state index is 5.40. The average molecular weight is 584 g/mol. The maximum Gasteiger partial charge on any atom is 0.235 e. The van der Waals surface area contributed by atoms with Crippen LogP contribution in [0.3, 0.4) is 0 Å². The number of nitrogens with zero attached hydrogens (tertiary/aromatic N) is 3. The standard InChI is InChI=1S/C38H21N3S2/c1-2-10-23-19-24(18-17-22(23)9-1)35-37-36(27-13-5-8-16-33(27)43-37)40-38(39-35)41-30-14-6-3-11-25(30)28-20-29-26-12-4-7-15-32(26)42-34(29)21-31(28)41/h1-21H. The third-order valence-electron chi connectivity index (χ3n) is 8.60. The van der Waals surface area contributed by atoms with E-state index >= 15 is 0 Å². The van der Waals surface area contributed by atoms with E-state index in [4.69, 9.17) is 9.97 Å². The third kappa shape index (κ3) is 3.35. The highest BCUT2D eigenvalue weighted by Gasteiger charge is 2.21. The number of fused-ring (bicyclic) bond motifs is 10. The van der Waals surface area contributed by atoms with E-state index in [1.807, 2.05) is 11.3 Å². The lowest BCUT2D eigenvalue weighted by Gasteiger charge is -2.11. The van der Waals surface area contributed by atoms with E-state index < -0.39 is 0 Å². The van der Waals surface area contributed by atoms with Gasteiger partial charge < -0.3 is 0 Å². The van der Waals surface area contributed by atoms with E-state index in [0.29, 0.717) is 5.95 Å². The summed E-state index contributed by atoms with van der Waals surface area (Å²) in [4.78, 5) is 10.7. The van der Waals surface area contributed by atoms with Gasteiger partial charge in [0.25, 0.3) is 0 Å². The summed E-state index contributed by atoms with van der Waals surface area (Å²) >= 11 is 3.62. The van der Waals surface area contributed by atoms with Crippen molar-refractivity contribution >= 4 is 95.7 Å². The largest absolute Gasteiger partial charge is 0.278 e. The Bertz CT molecular complexity index is 2750. The Hall–Kier alpha value is -5.10. The Kier molecular flexibility index (Phi) is 4.75. The Morgan fingerprint density at radius 2 is 1.19 bits per heavy atom. The normalized spacial score (nSPS) is 12.2. The van der Waals surface area contributed by atoms with Crippen molar-refractivity contribution in [2.24, 2.45) is 0 Å². The van der Waals surface area contributed by atoms with Crippen LogP contribution >= 0.6 is 22.7 Å². The molecule has 4 aromatic heterocycles. The number of aromatic nitrogens is 3. The third-order valence-corrected chi connectivity index (χ3v) is 10.9. The van der Waals surface area contributed by atoms with E-state index in [1.54, 1.807) is 11.3 Å². The lowest BCUT2D eigenvalue weighted by molar-refractivity contribution is 1.02. The minimum Gasteiger partial charge on any atom is -0.278 e. The fraction of sp³-hybridized carbons (Fsp3) is 0. The highest BCUT2D eigenvalue weighted by molar-refractivity contribution is 7.26. The van der Waals surface area contributed by atoms with E-state index in [2.05, 4.69) is 132 Å². The molecule has 0 aliphatic heterocycles. The molecule has 0 aliphatic carbocycles. The van der Waals surface area contributed by atoms with Gasteiger partial charge in [0, 0.05) is 46.6 Å². The first-order chi connectivity index (χ1) is 21.3. The molecule has 10 aromatic rings. The first-order valence-electron chi connectivity index (χ1n) is 14.3. The van der Waals surface area contributed by atoms with Crippen LogP contribution in [0.5, 0.6) is 0 Å². The van der Waals surface area contributed by atoms with Crippen LogP contribution < -0.4 is 0 Å². The predicted octanol–water partition coefficient (Wildman–Crippen LogP) is 11.1. The fourth-order valence-corrected chi connectivity index (χ4v) is 8.89. The average Bonchev–Trinajstić information content (AvgIpc) is 3.72. The van der Waals surface area contributed by atoms with E-state index in [0.717, 1.165) is 32.5 Å². The molecule has 0 saturated heterocycles. The van der Waals surface area contributed by atoms with Crippen molar-refractivity contribution < 1.29 is 0 Å². The number of para-hydroxylation sites is 1. The van der Waals surface area contributed by atoms with Gasteiger partial charge in [-0.3, -0.25) is 4.57 Å². The molecule has 0 amide bonds. The van der Waals surface area contributed by atoms with Crippen molar-refractivity contribution in [2.45, 2.75) is 0 Å². The minimum absolute atomic E-state index is 0.700. The number of hydrogen-bond donors (Lipinski definition) is 0. The zero-order valence-electron chi connectivity index (χ0n) is 22.8. The Morgan fingerprint density at radius 3 is 2.07 bits per heavy atom. The van der Waals surface area contributed by atoms with E-state index in [9.17, 15) is 0 Å². The molecule has 43 heavy (non-hydrogen) atoms. The van der Waals surface area contributed by atoms with Gasteiger partial charge in [-0.2, -0.15) is 0 Å². The van der Waals surface area contributed by atoms with Gasteiger partial charge in [0.1, 0.15) is 0 Å². The van der Waals surface area contributed by atoms with Crippen molar-refractivity contribution in [3.8, 4) is 17.2 Å². The Morgan fingerprint density at radius 1 is 0.465 bits per heavy atom. The highest BCUT2D eigenvalue weighted by atomic mass is 32.1. The number of benzene rings is 6. The minimum atomic E-state index is 0.700. The molecular weight excluding hydrogens is 563 g/mol. The second-order valence-electron chi connectivity index (χ2n) is 11.0. The molecular formula is C38H21N3S2. The summed E-state index contributed by atoms with van der Waals surface area (Å²) < 4.78 is 7.19. The van der Waals surface area contributed by atoms with Crippen molar-refractivity contribution in [3.05, 3.63) is 127 Å². The fourth-order valence-electron chi connectivity index (χ4n) is 6.61. The zero-order valence-corrected chi connectivity index (χ0v) is 24.4. The van der Waals surface area contributed by atoms with Crippen LogP contribution in [0.4, 0.5) is 0 Å². The molecule has 6 aromatic carbocycles. The summed E-state index contributed by atoms with van der Waals surface area (Å²) in [6.45, 7) is 0. The quantitative estimate of drug-likeness (QED) is 0.203. The number of rotatable bonds is 2. The summed E-state index contributed by atoms with van der Waals surface area (Å²) in [5, 5.41) is 8.64. The van der Waals surface area contributed by atoms with Gasteiger partial charge in [0.2, 0.25) is 5.95 Å². The van der Waals surface area contributed by atoms with Crippen molar-refractivity contribution in [3.63, 3.8) is 0 Å². The maximum atomic E-state index is 5.40. The molecule has 4 heterocycles. The summed E-state index contributed by atoms with van der Waals surface area (Å²) in [7, 11) is 0. The summed E-state index contributed by atoms with van der Waals surface area (Å²) in [5.41, 5.74) is 5.32. The molecule has 0 spiro atoms. The van der Waals surface area contributed by atoms with E-state index in [1.165, 1.54) is 51.8 Å². The van der Waals surface area contributed by atoms with Crippen LogP contribution in [0.15, 0.2) is 127 Å². The molecule has 10 rings (SSSR count). The molecule has 0 aliphatic rings. The molecule has 0 unspecified atom stereocenters. The van der Waals surface area contributed by atoms with Crippen molar-refractivity contribution in [1.29, 1.82) is 0 Å². The molecule has 0 N–H and O–H groups in total.